The third-order valence-electron chi connectivity index (χ3n) is 3.98. The van der Waals surface area contributed by atoms with E-state index in [1.807, 2.05) is 24.4 Å². The minimum atomic E-state index is -0.527. The van der Waals surface area contributed by atoms with Crippen LogP contribution in [-0.2, 0) is 0 Å². The number of nitrogens with zero attached hydrogens (tertiary/aromatic N) is 3. The highest BCUT2D eigenvalue weighted by Gasteiger charge is 2.11. The number of nitro groups is 1. The molecule has 0 radical (unpaired) electrons. The molecule has 0 saturated heterocycles. The monoisotopic (exact) mass is 332 g/mol. The molecule has 4 aromatic rings. The molecule has 0 amide bonds. The van der Waals surface area contributed by atoms with E-state index in [4.69, 9.17) is 0 Å². The standard InChI is InChI=1S/C18H12N4O3/c23-14-4-1-11(2-5-14)16-10-21-18-15(16)7-13(9-20-18)12-3-6-17(19-8-12)22(24)25/h1-10,23H,(H,20,21). The van der Waals surface area contributed by atoms with Gasteiger partial charge in [0.2, 0.25) is 0 Å². The highest BCUT2D eigenvalue weighted by Crippen LogP contribution is 2.31. The van der Waals surface area contributed by atoms with Gasteiger partial charge < -0.3 is 20.2 Å². The van der Waals surface area contributed by atoms with E-state index in [1.165, 1.54) is 12.3 Å². The maximum atomic E-state index is 10.7. The first-order valence-corrected chi connectivity index (χ1v) is 7.49. The van der Waals surface area contributed by atoms with Crippen molar-refractivity contribution in [2.24, 2.45) is 0 Å². The van der Waals surface area contributed by atoms with E-state index >= 15 is 0 Å². The van der Waals surface area contributed by atoms with E-state index in [1.54, 1.807) is 24.4 Å². The topological polar surface area (TPSA) is 105 Å². The van der Waals surface area contributed by atoms with Crippen molar-refractivity contribution in [3.63, 3.8) is 0 Å². The van der Waals surface area contributed by atoms with Crippen LogP contribution in [0.25, 0.3) is 33.3 Å². The van der Waals surface area contributed by atoms with Crippen LogP contribution in [0.3, 0.4) is 0 Å². The lowest BCUT2D eigenvalue weighted by molar-refractivity contribution is -0.389. The van der Waals surface area contributed by atoms with Crippen LogP contribution < -0.4 is 0 Å². The molecule has 2 N–H and O–H groups in total. The summed E-state index contributed by atoms with van der Waals surface area (Å²) in [6, 6.07) is 11.9. The molecule has 0 aliphatic heterocycles. The Morgan fingerprint density at radius 1 is 0.960 bits per heavy atom. The number of aromatic hydroxyl groups is 1. The second-order valence-corrected chi connectivity index (χ2v) is 5.53. The molecule has 4 rings (SSSR count). The quantitative estimate of drug-likeness (QED) is 0.437. The lowest BCUT2D eigenvalue weighted by atomic mass is 10.0. The molecule has 3 heterocycles. The number of phenolic OH excluding ortho intramolecular Hbond substituents is 1. The Balaban J connectivity index is 1.80. The summed E-state index contributed by atoms with van der Waals surface area (Å²) in [4.78, 5) is 21.6. The molecule has 122 valence electrons. The summed E-state index contributed by atoms with van der Waals surface area (Å²) in [5.41, 5.74) is 4.21. The second kappa shape index (κ2) is 5.72. The summed E-state index contributed by atoms with van der Waals surface area (Å²) in [7, 11) is 0. The maximum Gasteiger partial charge on any atom is 0.363 e. The molecule has 0 saturated carbocycles. The summed E-state index contributed by atoms with van der Waals surface area (Å²) >= 11 is 0. The molecule has 7 nitrogen and oxygen atoms in total. The normalized spacial score (nSPS) is 10.9. The number of benzene rings is 1. The predicted molar refractivity (Wildman–Crippen MR) is 93.1 cm³/mol. The fourth-order valence-electron chi connectivity index (χ4n) is 2.71. The van der Waals surface area contributed by atoms with Crippen molar-refractivity contribution >= 4 is 16.9 Å². The minimum absolute atomic E-state index is 0.191. The molecule has 0 fully saturated rings. The zero-order valence-corrected chi connectivity index (χ0v) is 12.9. The number of nitrogens with one attached hydrogen (secondary N) is 1. The molecular formula is C18H12N4O3. The van der Waals surface area contributed by atoms with Gasteiger partial charge in [0.1, 0.15) is 17.6 Å². The Hall–Kier alpha value is -3.74. The maximum absolute atomic E-state index is 10.7. The van der Waals surface area contributed by atoms with Crippen LogP contribution >= 0.6 is 0 Å². The second-order valence-electron chi connectivity index (χ2n) is 5.53. The van der Waals surface area contributed by atoms with Crippen LogP contribution in [-0.4, -0.2) is 25.0 Å². The van der Waals surface area contributed by atoms with Gasteiger partial charge in [-0.15, -0.1) is 0 Å². The van der Waals surface area contributed by atoms with Crippen LogP contribution in [0.2, 0.25) is 0 Å². The molecule has 3 aromatic heterocycles. The number of hydrogen-bond donors (Lipinski definition) is 2. The SMILES string of the molecule is O=[N+]([O-])c1ccc(-c2cnc3[nH]cc(-c4ccc(O)cc4)c3c2)cn1. The van der Waals surface area contributed by atoms with E-state index in [0.717, 1.165) is 33.3 Å². The highest BCUT2D eigenvalue weighted by molar-refractivity contribution is 5.95. The van der Waals surface area contributed by atoms with E-state index < -0.39 is 4.92 Å². The summed E-state index contributed by atoms with van der Waals surface area (Å²) in [6.45, 7) is 0. The van der Waals surface area contributed by atoms with Gasteiger partial charge in [-0.3, -0.25) is 0 Å². The van der Waals surface area contributed by atoms with Crippen LogP contribution in [0.4, 0.5) is 5.82 Å². The lowest BCUT2D eigenvalue weighted by Gasteiger charge is -2.03. The predicted octanol–water partition coefficient (Wildman–Crippen LogP) is 3.91. The molecule has 0 aliphatic carbocycles. The molecule has 0 aliphatic rings. The summed E-state index contributed by atoms with van der Waals surface area (Å²) in [5, 5.41) is 21.1. The molecule has 0 unspecified atom stereocenters. The fourth-order valence-corrected chi connectivity index (χ4v) is 2.71. The fraction of sp³-hybridized carbons (Fsp3) is 0. The first kappa shape index (κ1) is 14.8. The Bertz CT molecular complexity index is 1070. The lowest BCUT2D eigenvalue weighted by Crippen LogP contribution is -1.91. The molecule has 0 atom stereocenters. The third-order valence-corrected chi connectivity index (χ3v) is 3.98. The van der Waals surface area contributed by atoms with Gasteiger partial charge in [0.15, 0.2) is 0 Å². The van der Waals surface area contributed by atoms with Gasteiger partial charge in [-0.25, -0.2) is 4.98 Å². The largest absolute Gasteiger partial charge is 0.508 e. The number of H-pyrrole nitrogens is 1. The van der Waals surface area contributed by atoms with E-state index in [2.05, 4.69) is 15.0 Å². The summed E-state index contributed by atoms with van der Waals surface area (Å²) < 4.78 is 0. The first-order chi connectivity index (χ1) is 12.1. The smallest absolute Gasteiger partial charge is 0.363 e. The van der Waals surface area contributed by atoms with Gasteiger partial charge in [-0.1, -0.05) is 12.1 Å². The number of fused-ring (bicyclic) bond motifs is 1. The Morgan fingerprint density at radius 2 is 1.68 bits per heavy atom. The van der Waals surface area contributed by atoms with Crippen molar-refractivity contribution < 1.29 is 10.0 Å². The summed E-state index contributed by atoms with van der Waals surface area (Å²) in [6.07, 6.45) is 5.03. The molecule has 25 heavy (non-hydrogen) atoms. The first-order valence-electron chi connectivity index (χ1n) is 7.49. The average Bonchev–Trinajstić information content (AvgIpc) is 3.05. The van der Waals surface area contributed by atoms with Gasteiger partial charge in [0, 0.05) is 40.5 Å². The zero-order chi connectivity index (χ0) is 17.4. The molecule has 7 heteroatoms. The van der Waals surface area contributed by atoms with E-state index in [-0.39, 0.29) is 11.6 Å². The minimum Gasteiger partial charge on any atom is -0.508 e. The Labute approximate surface area is 141 Å². The Kier molecular flexibility index (Phi) is 3.39. The van der Waals surface area contributed by atoms with Crippen LogP contribution in [0.5, 0.6) is 5.75 Å². The van der Waals surface area contributed by atoms with Crippen LogP contribution in [0.15, 0.2) is 61.1 Å². The number of aromatic nitrogens is 3. The highest BCUT2D eigenvalue weighted by atomic mass is 16.6. The van der Waals surface area contributed by atoms with Crippen molar-refractivity contribution in [1.82, 2.24) is 15.0 Å². The number of aromatic amines is 1. The van der Waals surface area contributed by atoms with Crippen molar-refractivity contribution in [3.05, 3.63) is 71.2 Å². The number of pyridine rings is 2. The van der Waals surface area contributed by atoms with Crippen molar-refractivity contribution in [2.45, 2.75) is 0 Å². The number of rotatable bonds is 3. The molecule has 1 aromatic carbocycles. The van der Waals surface area contributed by atoms with Crippen molar-refractivity contribution in [1.29, 1.82) is 0 Å². The van der Waals surface area contributed by atoms with Gasteiger partial charge >= 0.3 is 5.82 Å². The van der Waals surface area contributed by atoms with Gasteiger partial charge in [0.05, 0.1) is 0 Å². The van der Waals surface area contributed by atoms with Crippen molar-refractivity contribution in [3.8, 4) is 28.0 Å². The third kappa shape index (κ3) is 2.67. The molecule has 0 bridgehead atoms. The van der Waals surface area contributed by atoms with Crippen LogP contribution in [0, 0.1) is 10.1 Å². The molecule has 0 spiro atoms. The van der Waals surface area contributed by atoms with E-state index in [0.29, 0.717) is 0 Å². The van der Waals surface area contributed by atoms with Gasteiger partial charge in [-0.2, -0.15) is 0 Å². The number of phenols is 1. The Morgan fingerprint density at radius 3 is 2.36 bits per heavy atom. The van der Waals surface area contributed by atoms with Gasteiger partial charge in [0.25, 0.3) is 0 Å². The van der Waals surface area contributed by atoms with Gasteiger partial charge in [-0.05, 0) is 39.7 Å². The molecular weight excluding hydrogens is 320 g/mol. The summed E-state index contributed by atoms with van der Waals surface area (Å²) in [5.74, 6) is 0.0172. The average molecular weight is 332 g/mol. The zero-order valence-electron chi connectivity index (χ0n) is 12.9. The van der Waals surface area contributed by atoms with E-state index in [9.17, 15) is 15.2 Å². The van der Waals surface area contributed by atoms with Crippen molar-refractivity contribution in [2.75, 3.05) is 0 Å². The number of hydrogen-bond acceptors (Lipinski definition) is 5. The van der Waals surface area contributed by atoms with Crippen LogP contribution in [0.1, 0.15) is 0 Å².